The van der Waals surface area contributed by atoms with E-state index in [0.717, 1.165) is 39.1 Å². The smallest absolute Gasteiger partial charge is 0.138 e. The van der Waals surface area contributed by atoms with E-state index in [1.807, 2.05) is 13.0 Å². The van der Waals surface area contributed by atoms with Crippen LogP contribution in [0, 0.1) is 5.92 Å². The molecule has 3 aromatic rings. The minimum Gasteiger partial charge on any atom is -0.492 e. The largest absolute Gasteiger partial charge is 0.492 e. The van der Waals surface area contributed by atoms with Crippen molar-refractivity contribution in [1.82, 2.24) is 10.3 Å². The molecule has 0 bridgehead atoms. The molecule has 4 rings (SSSR count). The van der Waals surface area contributed by atoms with Crippen LogP contribution in [0.5, 0.6) is 5.75 Å². The van der Waals surface area contributed by atoms with Crippen molar-refractivity contribution in [1.29, 1.82) is 0 Å². The molecule has 0 amide bonds. The lowest BCUT2D eigenvalue weighted by atomic mass is 9.86. The summed E-state index contributed by atoms with van der Waals surface area (Å²) in [4.78, 5) is 7.05. The second kappa shape index (κ2) is 11.7. The number of fused-ring (bicyclic) bond motifs is 1. The van der Waals surface area contributed by atoms with Crippen LogP contribution < -0.4 is 20.3 Å². The van der Waals surface area contributed by atoms with Gasteiger partial charge in [0.15, 0.2) is 0 Å². The Kier molecular flexibility index (Phi) is 8.72. The molecule has 1 saturated carbocycles. The van der Waals surface area contributed by atoms with Crippen molar-refractivity contribution in [3.63, 3.8) is 0 Å². The monoisotopic (exact) mass is 588 g/mol. The fraction of sp³-hybridized carbons (Fsp3) is 0.444. The molecule has 0 atom stereocenters. The average Bonchev–Trinajstić information content (AvgIpc) is 2.81. The topological polar surface area (TPSA) is 49.4 Å². The Labute approximate surface area is 219 Å². The molecule has 1 aromatic heterocycles. The highest BCUT2D eigenvalue weighted by Crippen LogP contribution is 2.34. The van der Waals surface area contributed by atoms with E-state index in [-0.39, 0.29) is 0 Å². The predicted octanol–water partition coefficient (Wildman–Crippen LogP) is 6.99. The third-order valence-electron chi connectivity index (χ3n) is 6.50. The van der Waals surface area contributed by atoms with E-state index in [1.165, 1.54) is 42.3 Å². The molecule has 1 heterocycles. The SMILES string of the molecule is CCOc1c(Br)cc(Br)cc1CNC[C@H]1CC[C@@H](Nc2cc(N(C)C)c3ccccc3n2)CC1. The van der Waals surface area contributed by atoms with Crippen LogP contribution in [0.25, 0.3) is 10.9 Å². The zero-order chi connectivity index (χ0) is 24.1. The van der Waals surface area contributed by atoms with Crippen LogP contribution in [-0.2, 0) is 6.54 Å². The summed E-state index contributed by atoms with van der Waals surface area (Å²) in [5.41, 5.74) is 3.42. The summed E-state index contributed by atoms with van der Waals surface area (Å²) >= 11 is 7.23. The molecule has 5 nitrogen and oxygen atoms in total. The maximum absolute atomic E-state index is 5.86. The maximum atomic E-state index is 5.86. The Morgan fingerprint density at radius 1 is 1.06 bits per heavy atom. The molecule has 182 valence electrons. The summed E-state index contributed by atoms with van der Waals surface area (Å²) in [6, 6.07) is 15.2. The van der Waals surface area contributed by atoms with E-state index < -0.39 is 0 Å². The van der Waals surface area contributed by atoms with Gasteiger partial charge in [-0.1, -0.05) is 34.1 Å². The summed E-state index contributed by atoms with van der Waals surface area (Å²) < 4.78 is 7.91. The molecule has 34 heavy (non-hydrogen) atoms. The van der Waals surface area contributed by atoms with E-state index in [1.54, 1.807) is 0 Å². The number of hydrogen-bond donors (Lipinski definition) is 2. The fourth-order valence-electron chi connectivity index (χ4n) is 4.78. The number of halogens is 2. The van der Waals surface area contributed by atoms with Crippen molar-refractivity contribution in [3.8, 4) is 5.75 Å². The number of nitrogens with one attached hydrogen (secondary N) is 2. The fourth-order valence-corrected chi connectivity index (χ4v) is 6.21. The zero-order valence-electron chi connectivity index (χ0n) is 20.2. The highest BCUT2D eigenvalue weighted by atomic mass is 79.9. The number of rotatable bonds is 9. The van der Waals surface area contributed by atoms with Gasteiger partial charge in [-0.3, -0.25) is 0 Å². The van der Waals surface area contributed by atoms with Crippen LogP contribution in [0.1, 0.15) is 38.2 Å². The lowest BCUT2D eigenvalue weighted by Crippen LogP contribution is -2.31. The minimum atomic E-state index is 0.477. The Morgan fingerprint density at radius 2 is 1.82 bits per heavy atom. The van der Waals surface area contributed by atoms with Crippen LogP contribution in [0.4, 0.5) is 11.5 Å². The quantitative estimate of drug-likeness (QED) is 0.282. The first-order chi connectivity index (χ1) is 16.4. The van der Waals surface area contributed by atoms with E-state index in [2.05, 4.69) is 97.9 Å². The van der Waals surface area contributed by atoms with Crippen molar-refractivity contribution in [2.75, 3.05) is 37.5 Å². The van der Waals surface area contributed by atoms with Gasteiger partial charge in [0.1, 0.15) is 11.6 Å². The second-order valence-electron chi connectivity index (χ2n) is 9.24. The van der Waals surface area contributed by atoms with Gasteiger partial charge < -0.3 is 20.3 Å². The number of ether oxygens (including phenoxy) is 1. The molecule has 1 aliphatic rings. The van der Waals surface area contributed by atoms with Crippen LogP contribution in [-0.4, -0.2) is 38.3 Å². The number of anilines is 2. The molecular formula is C27H34Br2N4O. The van der Waals surface area contributed by atoms with Gasteiger partial charge in [-0.2, -0.15) is 0 Å². The second-order valence-corrected chi connectivity index (χ2v) is 11.0. The molecular weight excluding hydrogens is 556 g/mol. The van der Waals surface area contributed by atoms with Crippen LogP contribution in [0.15, 0.2) is 51.4 Å². The zero-order valence-corrected chi connectivity index (χ0v) is 23.4. The summed E-state index contributed by atoms with van der Waals surface area (Å²) in [6.45, 7) is 4.51. The van der Waals surface area contributed by atoms with Gasteiger partial charge >= 0.3 is 0 Å². The summed E-state index contributed by atoms with van der Waals surface area (Å²) in [5, 5.41) is 8.58. The van der Waals surface area contributed by atoms with E-state index in [9.17, 15) is 0 Å². The third-order valence-corrected chi connectivity index (χ3v) is 7.54. The lowest BCUT2D eigenvalue weighted by Gasteiger charge is -2.30. The number of aromatic nitrogens is 1. The Morgan fingerprint density at radius 3 is 2.56 bits per heavy atom. The highest BCUT2D eigenvalue weighted by molar-refractivity contribution is 9.11. The van der Waals surface area contributed by atoms with Crippen molar-refractivity contribution >= 4 is 54.3 Å². The Balaban J connectivity index is 1.30. The molecule has 7 heteroatoms. The molecule has 0 spiro atoms. The maximum Gasteiger partial charge on any atom is 0.138 e. The van der Waals surface area contributed by atoms with Gasteiger partial charge in [0.2, 0.25) is 0 Å². The first kappa shape index (κ1) is 25.3. The van der Waals surface area contributed by atoms with E-state index >= 15 is 0 Å². The number of pyridine rings is 1. The van der Waals surface area contributed by atoms with Gasteiger partial charge in [0.05, 0.1) is 16.6 Å². The molecule has 0 saturated heterocycles. The Bertz CT molecular complexity index is 1110. The molecule has 0 aliphatic heterocycles. The van der Waals surface area contributed by atoms with Crippen LogP contribution in [0.3, 0.4) is 0 Å². The predicted molar refractivity (Wildman–Crippen MR) is 150 cm³/mol. The number of hydrogen-bond acceptors (Lipinski definition) is 5. The lowest BCUT2D eigenvalue weighted by molar-refractivity contribution is 0.318. The van der Waals surface area contributed by atoms with Gasteiger partial charge in [0, 0.05) is 53.9 Å². The first-order valence-electron chi connectivity index (χ1n) is 12.1. The average molecular weight is 590 g/mol. The van der Waals surface area contributed by atoms with Crippen LogP contribution in [0.2, 0.25) is 0 Å². The highest BCUT2D eigenvalue weighted by Gasteiger charge is 2.22. The van der Waals surface area contributed by atoms with Gasteiger partial charge in [-0.05, 0) is 79.2 Å². The van der Waals surface area contributed by atoms with Gasteiger partial charge in [-0.25, -0.2) is 4.98 Å². The summed E-state index contributed by atoms with van der Waals surface area (Å²) in [6.07, 6.45) is 4.79. The standard InChI is InChI=1S/C27H34Br2N4O/c1-4-34-27-19(13-20(28)14-23(27)29)17-30-16-18-9-11-21(12-10-18)31-26-15-25(33(2)3)22-7-5-6-8-24(22)32-26/h5-8,13-15,18,21,30H,4,9-12,16-17H2,1-3H3,(H,31,32)/t18-,21+. The molecule has 2 N–H and O–H groups in total. The van der Waals surface area contributed by atoms with Gasteiger partial charge in [0.25, 0.3) is 0 Å². The molecule has 2 aromatic carbocycles. The Hall–Kier alpha value is -1.83. The molecule has 1 fully saturated rings. The molecule has 0 unspecified atom stereocenters. The van der Waals surface area contributed by atoms with Crippen molar-refractivity contribution in [3.05, 3.63) is 57.0 Å². The number of para-hydroxylation sites is 1. The van der Waals surface area contributed by atoms with Crippen molar-refractivity contribution < 1.29 is 4.74 Å². The van der Waals surface area contributed by atoms with Crippen molar-refractivity contribution in [2.24, 2.45) is 5.92 Å². The van der Waals surface area contributed by atoms with Crippen LogP contribution >= 0.6 is 31.9 Å². The third kappa shape index (κ3) is 6.23. The van der Waals surface area contributed by atoms with E-state index in [0.29, 0.717) is 18.6 Å². The summed E-state index contributed by atoms with van der Waals surface area (Å²) in [5.74, 6) is 2.62. The van der Waals surface area contributed by atoms with Gasteiger partial charge in [-0.15, -0.1) is 0 Å². The van der Waals surface area contributed by atoms with E-state index in [4.69, 9.17) is 9.72 Å². The van der Waals surface area contributed by atoms with Crippen molar-refractivity contribution in [2.45, 2.75) is 45.2 Å². The molecule has 0 radical (unpaired) electrons. The number of nitrogens with zero attached hydrogens (tertiary/aromatic N) is 2. The minimum absolute atomic E-state index is 0.477. The normalized spacial score (nSPS) is 18.1. The molecule has 1 aliphatic carbocycles. The summed E-state index contributed by atoms with van der Waals surface area (Å²) in [7, 11) is 4.18. The first-order valence-corrected chi connectivity index (χ1v) is 13.7. The number of benzene rings is 2.